The highest BCUT2D eigenvalue weighted by atomic mass is 16.3. The van der Waals surface area contributed by atoms with Crippen molar-refractivity contribution in [3.05, 3.63) is 200 Å². The van der Waals surface area contributed by atoms with Crippen molar-refractivity contribution in [1.82, 2.24) is 0 Å². The van der Waals surface area contributed by atoms with Gasteiger partial charge in [0.1, 0.15) is 11.2 Å². The van der Waals surface area contributed by atoms with Crippen LogP contribution in [0.3, 0.4) is 0 Å². The van der Waals surface area contributed by atoms with Gasteiger partial charge in [0.2, 0.25) is 0 Å². The van der Waals surface area contributed by atoms with Crippen LogP contribution in [0.2, 0.25) is 0 Å². The van der Waals surface area contributed by atoms with E-state index < -0.39 is 0 Å². The van der Waals surface area contributed by atoms with E-state index in [9.17, 15) is 0 Å². The number of hydrogen-bond donors (Lipinski definition) is 0. The van der Waals surface area contributed by atoms with E-state index in [2.05, 4.69) is 205 Å². The molecule has 9 aromatic carbocycles. The second-order valence-corrected chi connectivity index (χ2v) is 13.3. The molecule has 0 amide bonds. The lowest BCUT2D eigenvalue weighted by Gasteiger charge is -2.27. The standard InChI is InChI=1S/C50H33NO/c1-4-14-34(15-5-1)36-24-28-39(29-25-36)51(40-30-26-37(27-31-40)35-16-6-2-7-17-35)41-32-46(38-18-8-3-9-19-38)49-47(33-41)48-44-22-12-10-20-42(44)43-21-11-13-23-45(43)50(48)52-49/h1-33H. The largest absolute Gasteiger partial charge is 0.455 e. The molecule has 10 rings (SSSR count). The van der Waals surface area contributed by atoms with Crippen LogP contribution in [0.25, 0.3) is 76.9 Å². The molecule has 0 unspecified atom stereocenters. The third kappa shape index (κ3) is 5.04. The molecule has 10 aromatic rings. The summed E-state index contributed by atoms with van der Waals surface area (Å²) in [4.78, 5) is 2.37. The van der Waals surface area contributed by atoms with Gasteiger partial charge in [0.15, 0.2) is 0 Å². The minimum Gasteiger partial charge on any atom is -0.455 e. The number of benzene rings is 9. The molecule has 244 valence electrons. The van der Waals surface area contributed by atoms with Gasteiger partial charge in [0, 0.05) is 38.8 Å². The molecule has 0 aliphatic carbocycles. The molecule has 0 N–H and O–H groups in total. The molecule has 0 aliphatic heterocycles. The molecule has 0 radical (unpaired) electrons. The Morgan fingerprint density at radius 3 is 1.25 bits per heavy atom. The maximum atomic E-state index is 7.02. The van der Waals surface area contributed by atoms with Crippen molar-refractivity contribution in [2.24, 2.45) is 0 Å². The van der Waals surface area contributed by atoms with E-state index in [0.717, 1.165) is 55.5 Å². The molecular weight excluding hydrogens is 631 g/mol. The third-order valence-corrected chi connectivity index (χ3v) is 10.2. The molecule has 52 heavy (non-hydrogen) atoms. The molecule has 0 saturated heterocycles. The SMILES string of the molecule is c1ccc(-c2ccc(N(c3ccc(-c4ccccc4)cc3)c3cc(-c4ccccc4)c4oc5c6ccccc6c6ccccc6c5c4c3)cc2)cc1. The van der Waals surface area contributed by atoms with E-state index >= 15 is 0 Å². The van der Waals surface area contributed by atoms with Crippen molar-refractivity contribution in [2.45, 2.75) is 0 Å². The van der Waals surface area contributed by atoms with Crippen LogP contribution in [-0.2, 0) is 0 Å². The summed E-state index contributed by atoms with van der Waals surface area (Å²) in [5.74, 6) is 0. The molecule has 2 nitrogen and oxygen atoms in total. The Hall–Kier alpha value is -6.90. The predicted molar refractivity (Wildman–Crippen MR) is 220 cm³/mol. The Bertz CT molecular complexity index is 2770. The monoisotopic (exact) mass is 663 g/mol. The van der Waals surface area contributed by atoms with Crippen LogP contribution in [0.4, 0.5) is 17.1 Å². The van der Waals surface area contributed by atoms with Crippen molar-refractivity contribution >= 4 is 60.5 Å². The van der Waals surface area contributed by atoms with Crippen LogP contribution in [0.15, 0.2) is 205 Å². The topological polar surface area (TPSA) is 16.4 Å². The average Bonchev–Trinajstić information content (AvgIpc) is 3.62. The van der Waals surface area contributed by atoms with Crippen LogP contribution in [-0.4, -0.2) is 0 Å². The molecule has 1 aromatic heterocycles. The highest BCUT2D eigenvalue weighted by Crippen LogP contribution is 2.47. The first-order valence-corrected chi connectivity index (χ1v) is 17.8. The van der Waals surface area contributed by atoms with Crippen LogP contribution < -0.4 is 4.90 Å². The predicted octanol–water partition coefficient (Wildman–Crippen LogP) is 14.4. The highest BCUT2D eigenvalue weighted by molar-refractivity contribution is 6.31. The Balaban J connectivity index is 1.26. The lowest BCUT2D eigenvalue weighted by molar-refractivity contribution is 0.674. The first-order chi connectivity index (χ1) is 25.8. The minimum atomic E-state index is 0.894. The number of hydrogen-bond acceptors (Lipinski definition) is 2. The summed E-state index contributed by atoms with van der Waals surface area (Å²) in [6.07, 6.45) is 0. The van der Waals surface area contributed by atoms with Crippen molar-refractivity contribution in [3.63, 3.8) is 0 Å². The van der Waals surface area contributed by atoms with Crippen LogP contribution in [0.1, 0.15) is 0 Å². The third-order valence-electron chi connectivity index (χ3n) is 10.2. The zero-order valence-electron chi connectivity index (χ0n) is 28.4. The fourth-order valence-electron chi connectivity index (χ4n) is 7.77. The normalized spacial score (nSPS) is 11.5. The van der Waals surface area contributed by atoms with Gasteiger partial charge >= 0.3 is 0 Å². The van der Waals surface area contributed by atoms with Gasteiger partial charge in [-0.25, -0.2) is 0 Å². The van der Waals surface area contributed by atoms with Crippen molar-refractivity contribution in [3.8, 4) is 33.4 Å². The zero-order valence-corrected chi connectivity index (χ0v) is 28.4. The van der Waals surface area contributed by atoms with Crippen molar-refractivity contribution < 1.29 is 4.42 Å². The Kier molecular flexibility index (Phi) is 7.18. The van der Waals surface area contributed by atoms with Gasteiger partial charge in [0.25, 0.3) is 0 Å². The molecule has 2 heteroatoms. The van der Waals surface area contributed by atoms with Gasteiger partial charge in [-0.05, 0) is 80.4 Å². The smallest absolute Gasteiger partial charge is 0.143 e. The van der Waals surface area contributed by atoms with Gasteiger partial charge in [0.05, 0.1) is 0 Å². The van der Waals surface area contributed by atoms with E-state index in [-0.39, 0.29) is 0 Å². The lowest BCUT2D eigenvalue weighted by Crippen LogP contribution is -2.10. The van der Waals surface area contributed by atoms with Crippen LogP contribution in [0.5, 0.6) is 0 Å². The van der Waals surface area contributed by atoms with Gasteiger partial charge in [-0.1, -0.05) is 164 Å². The number of fused-ring (bicyclic) bond motifs is 8. The number of rotatable bonds is 6. The lowest BCUT2D eigenvalue weighted by atomic mass is 9.95. The van der Waals surface area contributed by atoms with E-state index in [1.807, 2.05) is 0 Å². The maximum Gasteiger partial charge on any atom is 0.143 e. The summed E-state index contributed by atoms with van der Waals surface area (Å²) in [6, 6.07) is 71.5. The molecule has 0 spiro atoms. The second-order valence-electron chi connectivity index (χ2n) is 13.3. The fraction of sp³-hybridized carbons (Fsp3) is 0. The maximum absolute atomic E-state index is 7.02. The van der Waals surface area contributed by atoms with E-state index in [1.54, 1.807) is 0 Å². The van der Waals surface area contributed by atoms with Gasteiger partial charge in [-0.2, -0.15) is 0 Å². The van der Waals surface area contributed by atoms with E-state index in [1.165, 1.54) is 38.4 Å². The van der Waals surface area contributed by atoms with Crippen molar-refractivity contribution in [2.75, 3.05) is 4.90 Å². The molecule has 0 fully saturated rings. The molecular formula is C50H33NO. The summed E-state index contributed by atoms with van der Waals surface area (Å²) in [7, 11) is 0. The number of nitrogens with zero attached hydrogens (tertiary/aromatic N) is 1. The zero-order chi connectivity index (χ0) is 34.4. The molecule has 0 atom stereocenters. The number of furan rings is 1. The van der Waals surface area contributed by atoms with E-state index in [4.69, 9.17) is 4.42 Å². The Morgan fingerprint density at radius 2 is 0.712 bits per heavy atom. The van der Waals surface area contributed by atoms with Gasteiger partial charge < -0.3 is 9.32 Å². The molecule has 0 bridgehead atoms. The van der Waals surface area contributed by atoms with Gasteiger partial charge in [-0.3, -0.25) is 0 Å². The molecule has 0 saturated carbocycles. The minimum absolute atomic E-state index is 0.894. The number of anilines is 3. The molecule has 1 heterocycles. The highest BCUT2D eigenvalue weighted by Gasteiger charge is 2.22. The fourth-order valence-corrected chi connectivity index (χ4v) is 7.77. The van der Waals surface area contributed by atoms with E-state index in [0.29, 0.717) is 0 Å². The van der Waals surface area contributed by atoms with Crippen molar-refractivity contribution in [1.29, 1.82) is 0 Å². The van der Waals surface area contributed by atoms with Gasteiger partial charge in [-0.15, -0.1) is 0 Å². The quantitative estimate of drug-likeness (QED) is 0.165. The Morgan fingerprint density at radius 1 is 0.288 bits per heavy atom. The summed E-state index contributed by atoms with van der Waals surface area (Å²) in [6.45, 7) is 0. The van der Waals surface area contributed by atoms with Crippen LogP contribution >= 0.6 is 0 Å². The second kappa shape index (κ2) is 12.5. The molecule has 0 aliphatic rings. The first kappa shape index (κ1) is 30.0. The summed E-state index contributed by atoms with van der Waals surface area (Å²) < 4.78 is 7.02. The average molecular weight is 664 g/mol. The summed E-state index contributed by atoms with van der Waals surface area (Å²) in [5.41, 5.74) is 12.0. The van der Waals surface area contributed by atoms with Crippen LogP contribution in [0, 0.1) is 0 Å². The summed E-state index contributed by atoms with van der Waals surface area (Å²) >= 11 is 0. The first-order valence-electron chi connectivity index (χ1n) is 17.8. The summed E-state index contributed by atoms with van der Waals surface area (Å²) in [5, 5.41) is 6.98. The Labute approximate surface area is 302 Å².